The van der Waals surface area contributed by atoms with Crippen LogP contribution in [0.5, 0.6) is 0 Å². The number of rotatable bonds is 8. The van der Waals surface area contributed by atoms with Crippen LogP contribution in [0.15, 0.2) is 42.7 Å². The lowest BCUT2D eigenvalue weighted by Gasteiger charge is -2.31. The minimum absolute atomic E-state index is 0.194. The first kappa shape index (κ1) is 16.7. The smallest absolute Gasteiger partial charge is 0.226 e. The molecule has 1 aliphatic carbocycles. The van der Waals surface area contributed by atoms with Crippen LogP contribution in [-0.2, 0) is 22.6 Å². The van der Waals surface area contributed by atoms with Crippen LogP contribution in [0.3, 0.4) is 0 Å². The molecule has 0 saturated heterocycles. The van der Waals surface area contributed by atoms with Crippen LogP contribution >= 0.6 is 0 Å². The van der Waals surface area contributed by atoms with Gasteiger partial charge in [0.15, 0.2) is 0 Å². The third-order valence-electron chi connectivity index (χ3n) is 4.66. The van der Waals surface area contributed by atoms with E-state index < -0.39 is 0 Å². The topological polar surface area (TPSA) is 47.4 Å². The Kier molecular flexibility index (Phi) is 5.64. The molecule has 0 unspecified atom stereocenters. The third kappa shape index (κ3) is 4.03. The van der Waals surface area contributed by atoms with Crippen molar-refractivity contribution in [3.8, 4) is 0 Å². The van der Waals surface area contributed by atoms with Crippen LogP contribution in [0, 0.1) is 5.92 Å². The van der Waals surface area contributed by atoms with Crippen molar-refractivity contribution in [2.24, 2.45) is 5.92 Å². The molecule has 0 spiro atoms. The van der Waals surface area contributed by atoms with E-state index in [2.05, 4.69) is 21.7 Å². The average molecular weight is 327 g/mol. The van der Waals surface area contributed by atoms with E-state index in [1.165, 1.54) is 5.56 Å². The number of hydrogen-bond donors (Lipinski definition) is 0. The van der Waals surface area contributed by atoms with Crippen LogP contribution in [0.4, 0.5) is 0 Å². The Morgan fingerprint density at radius 1 is 1.33 bits per heavy atom. The fourth-order valence-electron chi connectivity index (χ4n) is 2.97. The zero-order valence-corrected chi connectivity index (χ0v) is 14.2. The van der Waals surface area contributed by atoms with E-state index in [0.717, 1.165) is 31.6 Å². The van der Waals surface area contributed by atoms with E-state index in [4.69, 9.17) is 4.74 Å². The predicted molar refractivity (Wildman–Crippen MR) is 92.4 cm³/mol. The molecule has 0 aliphatic heterocycles. The van der Waals surface area contributed by atoms with Crippen molar-refractivity contribution < 1.29 is 9.53 Å². The molecular formula is C19H25N3O2. The summed E-state index contributed by atoms with van der Waals surface area (Å²) in [6.45, 7) is 2.48. The van der Waals surface area contributed by atoms with Crippen LogP contribution in [0.2, 0.25) is 0 Å². The molecule has 0 bridgehead atoms. The molecule has 3 rings (SSSR count). The lowest BCUT2D eigenvalue weighted by atomic mass is 9.84. The second kappa shape index (κ2) is 8.11. The zero-order valence-electron chi connectivity index (χ0n) is 14.2. The van der Waals surface area contributed by atoms with E-state index in [9.17, 15) is 4.79 Å². The lowest BCUT2D eigenvalue weighted by Crippen LogP contribution is -2.40. The summed E-state index contributed by atoms with van der Waals surface area (Å²) in [6.07, 6.45) is 6.98. The minimum Gasteiger partial charge on any atom is -0.383 e. The van der Waals surface area contributed by atoms with E-state index in [-0.39, 0.29) is 11.8 Å². The van der Waals surface area contributed by atoms with Crippen molar-refractivity contribution in [1.82, 2.24) is 14.5 Å². The second-order valence-corrected chi connectivity index (χ2v) is 6.34. The number of carbonyl (C=O) groups excluding carboxylic acids is 1. The summed E-state index contributed by atoms with van der Waals surface area (Å²) in [5, 5.41) is 0. The molecule has 0 N–H and O–H groups in total. The zero-order chi connectivity index (χ0) is 16.8. The first-order valence-corrected chi connectivity index (χ1v) is 8.59. The van der Waals surface area contributed by atoms with Crippen molar-refractivity contribution in [2.45, 2.75) is 32.4 Å². The van der Waals surface area contributed by atoms with Gasteiger partial charge in [-0.2, -0.15) is 0 Å². The summed E-state index contributed by atoms with van der Waals surface area (Å²) in [5.74, 6) is 1.36. The van der Waals surface area contributed by atoms with Crippen LogP contribution in [0.25, 0.3) is 0 Å². The molecule has 1 aliphatic rings. The summed E-state index contributed by atoms with van der Waals surface area (Å²) in [6, 6.07) is 10.3. The maximum atomic E-state index is 12.7. The van der Waals surface area contributed by atoms with Crippen molar-refractivity contribution >= 4 is 5.91 Å². The van der Waals surface area contributed by atoms with Gasteiger partial charge in [0.1, 0.15) is 5.82 Å². The van der Waals surface area contributed by atoms with Gasteiger partial charge in [0, 0.05) is 38.5 Å². The monoisotopic (exact) mass is 327 g/mol. The Labute approximate surface area is 143 Å². The van der Waals surface area contributed by atoms with Gasteiger partial charge in [-0.25, -0.2) is 4.98 Å². The van der Waals surface area contributed by atoms with Gasteiger partial charge >= 0.3 is 0 Å². The highest BCUT2D eigenvalue weighted by molar-refractivity contribution is 5.79. The summed E-state index contributed by atoms with van der Waals surface area (Å²) >= 11 is 0. The van der Waals surface area contributed by atoms with E-state index in [1.54, 1.807) is 13.3 Å². The molecule has 5 heteroatoms. The summed E-state index contributed by atoms with van der Waals surface area (Å²) in [5.41, 5.74) is 1.23. The molecule has 0 radical (unpaired) electrons. The van der Waals surface area contributed by atoms with Crippen molar-refractivity contribution in [3.05, 3.63) is 54.1 Å². The highest BCUT2D eigenvalue weighted by Gasteiger charge is 2.29. The molecule has 2 aromatic rings. The SMILES string of the molecule is COCCN(Cc1nccn1Cc1ccccc1)C(=O)C1CCC1. The molecule has 1 aromatic heterocycles. The van der Waals surface area contributed by atoms with E-state index in [0.29, 0.717) is 19.7 Å². The lowest BCUT2D eigenvalue weighted by molar-refractivity contribution is -0.139. The standard InChI is InChI=1S/C19H25N3O2/c1-24-13-12-22(19(23)17-8-5-9-17)15-18-20-10-11-21(18)14-16-6-3-2-4-7-16/h2-4,6-7,10-11,17H,5,8-9,12-15H2,1H3. The van der Waals surface area contributed by atoms with Gasteiger partial charge in [0.2, 0.25) is 5.91 Å². The number of imidazole rings is 1. The highest BCUT2D eigenvalue weighted by Crippen LogP contribution is 2.28. The van der Waals surface area contributed by atoms with Crippen LogP contribution < -0.4 is 0 Å². The van der Waals surface area contributed by atoms with E-state index in [1.807, 2.05) is 29.3 Å². The molecular weight excluding hydrogens is 302 g/mol. The minimum atomic E-state index is 0.194. The van der Waals surface area contributed by atoms with Gasteiger partial charge in [0.25, 0.3) is 0 Å². The maximum Gasteiger partial charge on any atom is 0.226 e. The molecule has 1 fully saturated rings. The first-order valence-electron chi connectivity index (χ1n) is 8.59. The third-order valence-corrected chi connectivity index (χ3v) is 4.66. The number of carbonyl (C=O) groups is 1. The highest BCUT2D eigenvalue weighted by atomic mass is 16.5. The molecule has 1 aromatic carbocycles. The number of benzene rings is 1. The molecule has 24 heavy (non-hydrogen) atoms. The van der Waals surface area contributed by atoms with Crippen LogP contribution in [-0.4, -0.2) is 40.6 Å². The number of amides is 1. The average Bonchev–Trinajstić information content (AvgIpc) is 2.97. The molecule has 0 atom stereocenters. The molecule has 1 amide bonds. The summed E-state index contributed by atoms with van der Waals surface area (Å²) in [7, 11) is 1.67. The fraction of sp³-hybridized carbons (Fsp3) is 0.474. The Hall–Kier alpha value is -2.14. The largest absolute Gasteiger partial charge is 0.383 e. The quantitative estimate of drug-likeness (QED) is 0.749. The predicted octanol–water partition coefficient (Wildman–Crippen LogP) is 2.71. The van der Waals surface area contributed by atoms with Crippen LogP contribution in [0.1, 0.15) is 30.7 Å². The number of hydrogen-bond acceptors (Lipinski definition) is 3. The van der Waals surface area contributed by atoms with Gasteiger partial charge < -0.3 is 14.2 Å². The number of methoxy groups -OCH3 is 1. The molecule has 1 heterocycles. The normalized spacial score (nSPS) is 14.4. The van der Waals surface area contributed by atoms with Gasteiger partial charge in [-0.15, -0.1) is 0 Å². The number of aromatic nitrogens is 2. The van der Waals surface area contributed by atoms with Gasteiger partial charge in [-0.3, -0.25) is 4.79 Å². The summed E-state index contributed by atoms with van der Waals surface area (Å²) in [4.78, 5) is 19.0. The molecule has 1 saturated carbocycles. The second-order valence-electron chi connectivity index (χ2n) is 6.34. The number of ether oxygens (including phenoxy) is 1. The Morgan fingerprint density at radius 3 is 2.79 bits per heavy atom. The van der Waals surface area contributed by atoms with Crippen molar-refractivity contribution in [3.63, 3.8) is 0 Å². The number of nitrogens with zero attached hydrogens (tertiary/aromatic N) is 3. The Balaban J connectivity index is 1.70. The van der Waals surface area contributed by atoms with Gasteiger partial charge in [-0.1, -0.05) is 36.8 Å². The molecule has 128 valence electrons. The van der Waals surface area contributed by atoms with Crippen molar-refractivity contribution in [1.29, 1.82) is 0 Å². The van der Waals surface area contributed by atoms with Crippen molar-refractivity contribution in [2.75, 3.05) is 20.3 Å². The van der Waals surface area contributed by atoms with E-state index >= 15 is 0 Å². The maximum absolute atomic E-state index is 12.7. The molecule has 5 nitrogen and oxygen atoms in total. The van der Waals surface area contributed by atoms with Gasteiger partial charge in [-0.05, 0) is 18.4 Å². The fourth-order valence-corrected chi connectivity index (χ4v) is 2.97. The summed E-state index contributed by atoms with van der Waals surface area (Å²) < 4.78 is 7.29. The first-order chi connectivity index (χ1) is 11.8. The Morgan fingerprint density at radius 2 is 2.12 bits per heavy atom. The Bertz CT molecular complexity index is 650. The van der Waals surface area contributed by atoms with Gasteiger partial charge in [0.05, 0.1) is 13.2 Å².